The van der Waals surface area contributed by atoms with Crippen LogP contribution in [-0.4, -0.2) is 20.3 Å². The van der Waals surface area contributed by atoms with Crippen LogP contribution in [0.25, 0.3) is 11.3 Å². The molecule has 3 nitrogen and oxygen atoms in total. The van der Waals surface area contributed by atoms with Gasteiger partial charge in [0, 0.05) is 5.56 Å². The topological polar surface area (TPSA) is 38.1 Å². The molecule has 1 aromatic heterocycles. The van der Waals surface area contributed by atoms with Gasteiger partial charge in [-0.15, -0.1) is 0 Å². The minimum Gasteiger partial charge on any atom is -0.387 e. The van der Waals surface area contributed by atoms with Crippen LogP contribution in [0.1, 0.15) is 43.7 Å². The highest BCUT2D eigenvalue weighted by Crippen LogP contribution is 2.48. The average Bonchev–Trinajstić information content (AvgIpc) is 2.99. The quantitative estimate of drug-likeness (QED) is 0.849. The Bertz CT molecular complexity index is 611. The highest BCUT2D eigenvalue weighted by Gasteiger charge is 2.44. The highest BCUT2D eigenvalue weighted by atomic mass is 16.3. The fraction of sp³-hybridized carbons (Fsp3) is 0.438. The second-order valence-electron chi connectivity index (χ2n) is 5.84. The molecule has 1 aliphatic heterocycles. The Morgan fingerprint density at radius 3 is 2.79 bits per heavy atom. The Kier molecular flexibility index (Phi) is 2.33. The first-order chi connectivity index (χ1) is 9.30. The molecular formula is C16H18N2O. The van der Waals surface area contributed by atoms with Gasteiger partial charge in [-0.05, 0) is 18.4 Å². The average molecular weight is 254 g/mol. The number of imidazole rings is 1. The van der Waals surface area contributed by atoms with Crippen LogP contribution in [0, 0.1) is 0 Å². The van der Waals surface area contributed by atoms with E-state index in [9.17, 15) is 5.11 Å². The van der Waals surface area contributed by atoms with Crippen molar-refractivity contribution in [3.8, 4) is 11.3 Å². The normalized spacial score (nSPS) is 23.9. The zero-order chi connectivity index (χ0) is 12.9. The maximum Gasteiger partial charge on any atom is 0.0957 e. The number of rotatable bonds is 1. The molecule has 0 spiro atoms. The number of hydrogen-bond donors (Lipinski definition) is 1. The van der Waals surface area contributed by atoms with Gasteiger partial charge in [0.2, 0.25) is 0 Å². The molecule has 0 radical (unpaired) electrons. The van der Waals surface area contributed by atoms with E-state index < -0.39 is 5.60 Å². The summed E-state index contributed by atoms with van der Waals surface area (Å²) in [5.41, 5.74) is 3.01. The lowest BCUT2D eigenvalue weighted by molar-refractivity contribution is -0.0281. The third kappa shape index (κ3) is 1.51. The van der Waals surface area contributed by atoms with Crippen LogP contribution in [-0.2, 0) is 0 Å². The number of aromatic nitrogens is 2. The van der Waals surface area contributed by atoms with E-state index in [0.29, 0.717) is 0 Å². The summed E-state index contributed by atoms with van der Waals surface area (Å²) in [4.78, 5) is 4.27. The Morgan fingerprint density at radius 2 is 1.95 bits per heavy atom. The van der Waals surface area contributed by atoms with Crippen LogP contribution in [0.5, 0.6) is 0 Å². The number of fused-ring (bicyclic) bond motifs is 3. The smallest absolute Gasteiger partial charge is 0.0957 e. The fourth-order valence-electron chi connectivity index (χ4n) is 3.82. The van der Waals surface area contributed by atoms with Crippen molar-refractivity contribution in [3.05, 3.63) is 42.4 Å². The second-order valence-corrected chi connectivity index (χ2v) is 5.84. The van der Waals surface area contributed by atoms with Crippen molar-refractivity contribution in [1.29, 1.82) is 0 Å². The van der Waals surface area contributed by atoms with Crippen molar-refractivity contribution < 1.29 is 5.11 Å². The molecule has 0 saturated heterocycles. The van der Waals surface area contributed by atoms with Gasteiger partial charge >= 0.3 is 0 Å². The number of aliphatic hydroxyl groups is 1. The number of nitrogens with zero attached hydrogens (tertiary/aromatic N) is 2. The first-order valence-electron chi connectivity index (χ1n) is 7.13. The van der Waals surface area contributed by atoms with E-state index in [1.807, 2.05) is 12.5 Å². The van der Waals surface area contributed by atoms with E-state index in [-0.39, 0.29) is 6.04 Å². The van der Waals surface area contributed by atoms with Crippen molar-refractivity contribution in [3.63, 3.8) is 0 Å². The van der Waals surface area contributed by atoms with E-state index in [0.717, 1.165) is 31.4 Å². The zero-order valence-corrected chi connectivity index (χ0v) is 10.9. The van der Waals surface area contributed by atoms with E-state index in [1.165, 1.54) is 17.5 Å². The molecule has 1 aromatic carbocycles. The Hall–Kier alpha value is -1.61. The molecule has 4 rings (SSSR count). The summed E-state index contributed by atoms with van der Waals surface area (Å²) in [5, 5.41) is 11.1. The molecular weight excluding hydrogens is 236 g/mol. The van der Waals surface area contributed by atoms with Crippen LogP contribution in [0.2, 0.25) is 0 Å². The van der Waals surface area contributed by atoms with Crippen LogP contribution in [0.15, 0.2) is 36.8 Å². The lowest BCUT2D eigenvalue weighted by Gasteiger charge is -2.38. The standard InChI is InChI=1S/C16H18N2O/c19-16(8-4-1-5-9-16)15-13-7-3-2-6-12(13)14-10-17-11-18(14)15/h2-3,6-7,10-11,15,19H,1,4-5,8-9H2/t15-/m0/s1. The van der Waals surface area contributed by atoms with Crippen molar-refractivity contribution in [1.82, 2.24) is 9.55 Å². The van der Waals surface area contributed by atoms with Gasteiger partial charge in [-0.1, -0.05) is 43.5 Å². The van der Waals surface area contributed by atoms with Crippen molar-refractivity contribution in [2.75, 3.05) is 0 Å². The van der Waals surface area contributed by atoms with Gasteiger partial charge < -0.3 is 9.67 Å². The van der Waals surface area contributed by atoms with Crippen molar-refractivity contribution >= 4 is 0 Å². The molecule has 1 atom stereocenters. The van der Waals surface area contributed by atoms with Crippen LogP contribution >= 0.6 is 0 Å². The summed E-state index contributed by atoms with van der Waals surface area (Å²) in [5.74, 6) is 0. The predicted molar refractivity (Wildman–Crippen MR) is 73.8 cm³/mol. The van der Waals surface area contributed by atoms with Gasteiger partial charge in [-0.25, -0.2) is 4.98 Å². The summed E-state index contributed by atoms with van der Waals surface area (Å²) in [7, 11) is 0. The van der Waals surface area contributed by atoms with Crippen LogP contribution < -0.4 is 0 Å². The van der Waals surface area contributed by atoms with Crippen LogP contribution in [0.3, 0.4) is 0 Å². The summed E-state index contributed by atoms with van der Waals surface area (Å²) < 4.78 is 2.16. The molecule has 2 heterocycles. The molecule has 2 aliphatic rings. The molecule has 1 N–H and O–H groups in total. The molecule has 1 aliphatic carbocycles. The summed E-state index contributed by atoms with van der Waals surface area (Å²) in [6, 6.07) is 8.46. The van der Waals surface area contributed by atoms with E-state index in [1.54, 1.807) is 0 Å². The molecule has 19 heavy (non-hydrogen) atoms. The van der Waals surface area contributed by atoms with Crippen molar-refractivity contribution in [2.45, 2.75) is 43.7 Å². The first-order valence-corrected chi connectivity index (χ1v) is 7.13. The third-order valence-electron chi connectivity index (χ3n) is 4.70. The number of benzene rings is 1. The molecule has 3 heteroatoms. The minimum absolute atomic E-state index is 0.0431. The molecule has 0 bridgehead atoms. The first kappa shape index (κ1) is 11.2. The maximum absolute atomic E-state index is 11.1. The molecule has 0 amide bonds. The molecule has 0 unspecified atom stereocenters. The lowest BCUT2D eigenvalue weighted by Crippen LogP contribution is -2.40. The van der Waals surface area contributed by atoms with Gasteiger partial charge in [0.25, 0.3) is 0 Å². The lowest BCUT2D eigenvalue weighted by atomic mass is 9.77. The largest absolute Gasteiger partial charge is 0.387 e. The molecule has 2 aromatic rings. The zero-order valence-electron chi connectivity index (χ0n) is 10.9. The Labute approximate surface area is 112 Å². The predicted octanol–water partition coefficient (Wildman–Crippen LogP) is 3.15. The van der Waals surface area contributed by atoms with E-state index in [2.05, 4.69) is 33.8 Å². The summed E-state index contributed by atoms with van der Waals surface area (Å²) in [6.07, 6.45) is 9.05. The molecule has 1 saturated carbocycles. The van der Waals surface area contributed by atoms with Gasteiger partial charge in [0.05, 0.1) is 29.9 Å². The van der Waals surface area contributed by atoms with E-state index in [4.69, 9.17) is 0 Å². The van der Waals surface area contributed by atoms with Gasteiger partial charge in [-0.3, -0.25) is 0 Å². The van der Waals surface area contributed by atoms with Crippen LogP contribution in [0.4, 0.5) is 0 Å². The van der Waals surface area contributed by atoms with Crippen molar-refractivity contribution in [2.24, 2.45) is 0 Å². The molecule has 1 fully saturated rings. The highest BCUT2D eigenvalue weighted by molar-refractivity contribution is 5.69. The Balaban J connectivity index is 1.89. The summed E-state index contributed by atoms with van der Waals surface area (Å²) in [6.45, 7) is 0. The SMILES string of the molecule is OC1([C@@H]2c3ccccc3-c3cncn32)CCCCC1. The maximum atomic E-state index is 11.1. The summed E-state index contributed by atoms with van der Waals surface area (Å²) >= 11 is 0. The minimum atomic E-state index is -0.611. The Morgan fingerprint density at radius 1 is 1.16 bits per heavy atom. The van der Waals surface area contributed by atoms with Gasteiger partial charge in [-0.2, -0.15) is 0 Å². The number of hydrogen-bond acceptors (Lipinski definition) is 2. The monoisotopic (exact) mass is 254 g/mol. The van der Waals surface area contributed by atoms with Gasteiger partial charge in [0.15, 0.2) is 0 Å². The molecule has 98 valence electrons. The fourth-order valence-corrected chi connectivity index (χ4v) is 3.82. The third-order valence-corrected chi connectivity index (χ3v) is 4.70. The second kappa shape index (κ2) is 3.94. The van der Waals surface area contributed by atoms with Gasteiger partial charge in [0.1, 0.15) is 0 Å². The van der Waals surface area contributed by atoms with E-state index >= 15 is 0 Å².